The van der Waals surface area contributed by atoms with Gasteiger partial charge in [-0.2, -0.15) is 18.3 Å². The molecule has 17 heavy (non-hydrogen) atoms. The lowest BCUT2D eigenvalue weighted by molar-refractivity contribution is -0.181. The highest BCUT2D eigenvalue weighted by Gasteiger charge is 2.46. The van der Waals surface area contributed by atoms with Crippen LogP contribution in [-0.2, 0) is 0 Å². The number of hydrogen-bond acceptors (Lipinski definition) is 2. The van der Waals surface area contributed by atoms with Gasteiger partial charge in [-0.25, -0.2) is 0 Å². The zero-order valence-electron chi connectivity index (χ0n) is 10.2. The third-order valence-corrected chi connectivity index (χ3v) is 3.96. The third kappa shape index (κ3) is 2.75. The van der Waals surface area contributed by atoms with E-state index >= 15 is 0 Å². The van der Waals surface area contributed by atoms with Crippen molar-refractivity contribution in [1.29, 1.82) is 0 Å². The monoisotopic (exact) mass is 248 g/mol. The van der Waals surface area contributed by atoms with Gasteiger partial charge in [-0.05, 0) is 30.6 Å². The Kier molecular flexibility index (Phi) is 3.36. The highest BCUT2D eigenvalue weighted by Crippen LogP contribution is 2.40. The zero-order valence-corrected chi connectivity index (χ0v) is 10.2. The average Bonchev–Trinajstić information content (AvgIpc) is 2.56. The van der Waals surface area contributed by atoms with Crippen LogP contribution in [0.3, 0.4) is 0 Å². The van der Waals surface area contributed by atoms with Crippen molar-refractivity contribution in [2.24, 2.45) is 22.9 Å². The van der Waals surface area contributed by atoms with Gasteiger partial charge in [0.2, 0.25) is 0 Å². The maximum atomic E-state index is 12.7. The third-order valence-electron chi connectivity index (χ3n) is 3.96. The number of hydrazone groups is 1. The molecule has 2 rings (SSSR count). The average molecular weight is 248 g/mol. The molecule has 0 radical (unpaired) electrons. The zero-order chi connectivity index (χ0) is 12.6. The summed E-state index contributed by atoms with van der Waals surface area (Å²) in [6, 6.07) is -1.39. The molecule has 0 saturated heterocycles. The predicted molar refractivity (Wildman–Crippen MR) is 60.7 cm³/mol. The van der Waals surface area contributed by atoms with Gasteiger partial charge in [-0.15, -0.1) is 0 Å². The van der Waals surface area contributed by atoms with Crippen molar-refractivity contribution in [3.63, 3.8) is 0 Å². The Hall–Kier alpha value is -0.740. The molecule has 1 aliphatic carbocycles. The summed E-state index contributed by atoms with van der Waals surface area (Å²) in [7, 11) is 0. The van der Waals surface area contributed by atoms with Gasteiger partial charge in [-0.1, -0.05) is 13.8 Å². The van der Waals surface area contributed by atoms with Crippen molar-refractivity contribution in [3.8, 4) is 0 Å². The smallest absolute Gasteiger partial charge is 0.284 e. The molecule has 0 bridgehead atoms. The molecule has 2 nitrogen and oxygen atoms in total. The highest BCUT2D eigenvalue weighted by molar-refractivity contribution is 5.60. The van der Waals surface area contributed by atoms with E-state index in [0.29, 0.717) is 24.3 Å². The number of nitrogens with zero attached hydrogens (tertiary/aromatic N) is 2. The summed E-state index contributed by atoms with van der Waals surface area (Å²) in [5.41, 5.74) is 0. The first-order valence-corrected chi connectivity index (χ1v) is 6.23. The molecule has 0 aromatic heterocycles. The van der Waals surface area contributed by atoms with Crippen LogP contribution in [0.1, 0.15) is 33.1 Å². The van der Waals surface area contributed by atoms with Crippen LogP contribution in [0.4, 0.5) is 13.2 Å². The van der Waals surface area contributed by atoms with Gasteiger partial charge >= 0.3 is 6.18 Å². The van der Waals surface area contributed by atoms with E-state index in [2.05, 4.69) is 18.9 Å². The minimum atomic E-state index is -4.16. The number of halogens is 3. The second-order valence-corrected chi connectivity index (χ2v) is 5.55. The minimum absolute atomic E-state index is 0.00380. The van der Waals surface area contributed by atoms with E-state index in [-0.39, 0.29) is 6.42 Å². The molecule has 0 N–H and O–H groups in total. The Morgan fingerprint density at radius 3 is 2.53 bits per heavy atom. The standard InChI is InChI=1S/C12H19F3N2/c1-8(2)10-5-9(6-10)7-17-11(3-4-16-17)12(13,14)15/h4,8-11H,3,5-7H2,1-2H3/t9-,10+,11?. The molecule has 1 unspecified atom stereocenters. The Morgan fingerprint density at radius 2 is 2.00 bits per heavy atom. The van der Waals surface area contributed by atoms with E-state index in [1.54, 1.807) is 0 Å². The molecular weight excluding hydrogens is 229 g/mol. The Bertz CT molecular complexity index is 293. The van der Waals surface area contributed by atoms with Crippen molar-refractivity contribution >= 4 is 6.21 Å². The van der Waals surface area contributed by atoms with Crippen molar-refractivity contribution in [2.75, 3.05) is 6.54 Å². The largest absolute Gasteiger partial charge is 0.410 e. The SMILES string of the molecule is CC(C)[C@H]1C[C@@H](CN2N=CCC2C(F)(F)F)C1. The van der Waals surface area contributed by atoms with Gasteiger partial charge in [-0.3, -0.25) is 5.01 Å². The van der Waals surface area contributed by atoms with Gasteiger partial charge < -0.3 is 0 Å². The molecular formula is C12H19F3N2. The number of rotatable bonds is 3. The quantitative estimate of drug-likeness (QED) is 0.748. The molecule has 5 heteroatoms. The maximum Gasteiger partial charge on any atom is 0.410 e. The molecule has 1 saturated carbocycles. The van der Waals surface area contributed by atoms with Crippen LogP contribution in [0.15, 0.2) is 5.10 Å². The molecule has 0 spiro atoms. The summed E-state index contributed by atoms with van der Waals surface area (Å²) in [4.78, 5) is 0. The second kappa shape index (κ2) is 4.50. The van der Waals surface area contributed by atoms with Gasteiger partial charge in [0.05, 0.1) is 0 Å². The summed E-state index contributed by atoms with van der Waals surface area (Å²) in [5, 5.41) is 5.10. The molecule has 1 fully saturated rings. The van der Waals surface area contributed by atoms with Crippen molar-refractivity contribution in [3.05, 3.63) is 0 Å². The fourth-order valence-electron chi connectivity index (χ4n) is 2.68. The van der Waals surface area contributed by atoms with Crippen LogP contribution in [-0.4, -0.2) is 30.0 Å². The molecule has 1 aliphatic heterocycles. The van der Waals surface area contributed by atoms with E-state index in [1.807, 2.05) is 0 Å². The summed E-state index contributed by atoms with van der Waals surface area (Å²) in [6.45, 7) is 4.81. The van der Waals surface area contributed by atoms with Gasteiger partial charge in [0, 0.05) is 19.2 Å². The first kappa shape index (κ1) is 12.7. The van der Waals surface area contributed by atoms with Crippen LogP contribution in [0, 0.1) is 17.8 Å². The number of hydrogen-bond donors (Lipinski definition) is 0. The molecule has 98 valence electrons. The van der Waals surface area contributed by atoms with Crippen LogP contribution >= 0.6 is 0 Å². The molecule has 2 aliphatic rings. The Labute approximate surface area is 99.9 Å². The summed E-state index contributed by atoms with van der Waals surface area (Å²) >= 11 is 0. The highest BCUT2D eigenvalue weighted by atomic mass is 19.4. The van der Waals surface area contributed by atoms with Crippen molar-refractivity contribution in [2.45, 2.75) is 45.3 Å². The first-order valence-electron chi connectivity index (χ1n) is 6.23. The van der Waals surface area contributed by atoms with Crippen LogP contribution in [0.5, 0.6) is 0 Å². The van der Waals surface area contributed by atoms with Gasteiger partial charge in [0.15, 0.2) is 0 Å². The lowest BCUT2D eigenvalue weighted by Crippen LogP contribution is -2.44. The van der Waals surface area contributed by atoms with Crippen LogP contribution < -0.4 is 0 Å². The first-order chi connectivity index (χ1) is 7.88. The van der Waals surface area contributed by atoms with Crippen molar-refractivity contribution in [1.82, 2.24) is 5.01 Å². The van der Waals surface area contributed by atoms with Crippen LogP contribution in [0.2, 0.25) is 0 Å². The fourth-order valence-corrected chi connectivity index (χ4v) is 2.68. The molecule has 0 amide bonds. The molecule has 1 atom stereocenters. The fraction of sp³-hybridized carbons (Fsp3) is 0.917. The molecule has 1 heterocycles. The van der Waals surface area contributed by atoms with Crippen molar-refractivity contribution < 1.29 is 13.2 Å². The lowest BCUT2D eigenvalue weighted by atomic mass is 9.69. The summed E-state index contributed by atoms with van der Waals surface area (Å²) < 4.78 is 38.0. The minimum Gasteiger partial charge on any atom is -0.284 e. The van der Waals surface area contributed by atoms with E-state index in [0.717, 1.165) is 12.8 Å². The summed E-state index contributed by atoms with van der Waals surface area (Å²) in [6.07, 6.45) is -0.666. The van der Waals surface area contributed by atoms with Gasteiger partial charge in [0.1, 0.15) is 6.04 Å². The normalized spacial score (nSPS) is 33.3. The Morgan fingerprint density at radius 1 is 1.35 bits per heavy atom. The Balaban J connectivity index is 1.82. The topological polar surface area (TPSA) is 15.6 Å². The van der Waals surface area contributed by atoms with E-state index in [1.165, 1.54) is 11.2 Å². The molecule has 0 aromatic carbocycles. The lowest BCUT2D eigenvalue weighted by Gasteiger charge is -2.40. The maximum absolute atomic E-state index is 12.7. The van der Waals surface area contributed by atoms with E-state index in [9.17, 15) is 13.2 Å². The summed E-state index contributed by atoms with van der Waals surface area (Å²) in [5.74, 6) is 1.73. The molecule has 0 aromatic rings. The second-order valence-electron chi connectivity index (χ2n) is 5.55. The van der Waals surface area contributed by atoms with Crippen LogP contribution in [0.25, 0.3) is 0 Å². The number of alkyl halides is 3. The van der Waals surface area contributed by atoms with E-state index in [4.69, 9.17) is 0 Å². The predicted octanol–water partition coefficient (Wildman–Crippen LogP) is 3.29. The van der Waals surface area contributed by atoms with E-state index < -0.39 is 12.2 Å². The van der Waals surface area contributed by atoms with Gasteiger partial charge in [0.25, 0.3) is 0 Å².